The van der Waals surface area contributed by atoms with Crippen LogP contribution < -0.4 is 14.8 Å². The number of carbonyl (C=O) groups is 1. The number of anilines is 1. The molecule has 0 saturated carbocycles. The molecular weight excluding hydrogens is 396 g/mol. The summed E-state index contributed by atoms with van der Waals surface area (Å²) in [5.74, 6) is 1.79. The molecule has 1 aliphatic heterocycles. The number of nitrogens with one attached hydrogen (secondary N) is 1. The minimum absolute atomic E-state index is 0.109. The van der Waals surface area contributed by atoms with E-state index in [1.54, 1.807) is 6.20 Å². The summed E-state index contributed by atoms with van der Waals surface area (Å²) >= 11 is 0. The van der Waals surface area contributed by atoms with Crippen molar-refractivity contribution in [1.82, 2.24) is 14.9 Å². The first-order chi connectivity index (χ1) is 15.0. The summed E-state index contributed by atoms with van der Waals surface area (Å²) in [6.45, 7) is 9.47. The lowest BCUT2D eigenvalue weighted by atomic mass is 10.0. The number of esters is 1. The van der Waals surface area contributed by atoms with Gasteiger partial charge in [0.1, 0.15) is 5.82 Å². The molecular formula is C23H32N4O4. The highest BCUT2D eigenvalue weighted by Gasteiger charge is 2.20. The smallest absolute Gasteiger partial charge is 0.358 e. The summed E-state index contributed by atoms with van der Waals surface area (Å²) in [4.78, 5) is 22.3. The monoisotopic (exact) mass is 428 g/mol. The SMILES string of the molecule is CCOc1cc(CN2CCC(Nc3cnc(C(=O)OC)cn3)CC2)ccc1OC(C)C. The maximum absolute atomic E-state index is 11.5. The van der Waals surface area contributed by atoms with Crippen molar-refractivity contribution in [2.24, 2.45) is 0 Å². The van der Waals surface area contributed by atoms with Gasteiger partial charge in [-0.25, -0.2) is 14.8 Å². The first-order valence-electron chi connectivity index (χ1n) is 10.8. The van der Waals surface area contributed by atoms with Crippen LogP contribution in [-0.2, 0) is 11.3 Å². The number of methoxy groups -OCH3 is 1. The van der Waals surface area contributed by atoms with Gasteiger partial charge in [0.25, 0.3) is 0 Å². The molecule has 1 aromatic carbocycles. The molecule has 2 aromatic rings. The zero-order valence-corrected chi connectivity index (χ0v) is 18.8. The van der Waals surface area contributed by atoms with Crippen LogP contribution in [0.15, 0.2) is 30.6 Å². The van der Waals surface area contributed by atoms with Gasteiger partial charge in [0.2, 0.25) is 0 Å². The first-order valence-corrected chi connectivity index (χ1v) is 10.8. The van der Waals surface area contributed by atoms with E-state index in [1.165, 1.54) is 18.9 Å². The van der Waals surface area contributed by atoms with Crippen LogP contribution >= 0.6 is 0 Å². The molecule has 3 rings (SSSR count). The Labute approximate surface area is 183 Å². The second kappa shape index (κ2) is 10.9. The molecule has 8 heteroatoms. The van der Waals surface area contributed by atoms with E-state index in [4.69, 9.17) is 9.47 Å². The summed E-state index contributed by atoms with van der Waals surface area (Å²) < 4.78 is 16.3. The number of carbonyl (C=O) groups excluding carboxylic acids is 1. The normalized spacial score (nSPS) is 15.0. The van der Waals surface area contributed by atoms with Crippen LogP contribution in [0.5, 0.6) is 11.5 Å². The lowest BCUT2D eigenvalue weighted by Gasteiger charge is -2.32. The Hall–Kier alpha value is -2.87. The molecule has 1 saturated heterocycles. The predicted octanol–water partition coefficient (Wildman–Crippen LogP) is 3.53. The number of likely N-dealkylation sites (tertiary alicyclic amines) is 1. The van der Waals surface area contributed by atoms with Gasteiger partial charge in [-0.2, -0.15) is 0 Å². The number of rotatable bonds is 9. The quantitative estimate of drug-likeness (QED) is 0.607. The van der Waals surface area contributed by atoms with Crippen LogP contribution in [-0.4, -0.2) is 59.8 Å². The van der Waals surface area contributed by atoms with Gasteiger partial charge in [-0.15, -0.1) is 0 Å². The maximum Gasteiger partial charge on any atom is 0.358 e. The topological polar surface area (TPSA) is 85.8 Å². The fraction of sp³-hybridized carbons (Fsp3) is 0.522. The van der Waals surface area contributed by atoms with Gasteiger partial charge < -0.3 is 19.5 Å². The molecule has 1 aromatic heterocycles. The zero-order chi connectivity index (χ0) is 22.2. The molecule has 1 fully saturated rings. The third-order valence-electron chi connectivity index (χ3n) is 5.06. The third-order valence-corrected chi connectivity index (χ3v) is 5.06. The van der Waals surface area contributed by atoms with Gasteiger partial charge in [-0.1, -0.05) is 6.07 Å². The molecule has 1 aliphatic rings. The molecule has 0 bridgehead atoms. The number of aromatic nitrogens is 2. The van der Waals surface area contributed by atoms with Crippen molar-refractivity contribution >= 4 is 11.8 Å². The van der Waals surface area contributed by atoms with Crippen molar-refractivity contribution in [1.29, 1.82) is 0 Å². The Morgan fingerprint density at radius 1 is 1.19 bits per heavy atom. The Kier molecular flexibility index (Phi) is 8.06. The minimum atomic E-state index is -0.483. The first kappa shape index (κ1) is 22.8. The second-order valence-electron chi connectivity index (χ2n) is 7.85. The highest BCUT2D eigenvalue weighted by molar-refractivity contribution is 5.86. The van der Waals surface area contributed by atoms with E-state index in [0.29, 0.717) is 18.5 Å². The van der Waals surface area contributed by atoms with Crippen LogP contribution in [0, 0.1) is 0 Å². The lowest BCUT2D eigenvalue weighted by Crippen LogP contribution is -2.38. The summed E-state index contributed by atoms with van der Waals surface area (Å²) in [5, 5.41) is 3.41. The number of hydrogen-bond donors (Lipinski definition) is 1. The van der Waals surface area contributed by atoms with Gasteiger partial charge in [0.05, 0.1) is 32.2 Å². The molecule has 0 radical (unpaired) electrons. The largest absolute Gasteiger partial charge is 0.490 e. The third kappa shape index (κ3) is 6.55. The summed E-state index contributed by atoms with van der Waals surface area (Å²) in [7, 11) is 1.33. The molecule has 31 heavy (non-hydrogen) atoms. The van der Waals surface area contributed by atoms with Crippen LogP contribution in [0.2, 0.25) is 0 Å². The van der Waals surface area contributed by atoms with E-state index in [2.05, 4.69) is 37.1 Å². The van der Waals surface area contributed by atoms with Crippen molar-refractivity contribution in [2.45, 2.75) is 52.3 Å². The van der Waals surface area contributed by atoms with Gasteiger partial charge in [0, 0.05) is 25.7 Å². The summed E-state index contributed by atoms with van der Waals surface area (Å²) in [6, 6.07) is 6.54. The average Bonchev–Trinajstić information content (AvgIpc) is 2.77. The molecule has 0 amide bonds. The average molecular weight is 429 g/mol. The van der Waals surface area contributed by atoms with Crippen LogP contribution in [0.25, 0.3) is 0 Å². The Balaban J connectivity index is 1.51. The fourth-order valence-corrected chi connectivity index (χ4v) is 3.59. The van der Waals surface area contributed by atoms with Crippen molar-refractivity contribution in [3.05, 3.63) is 41.9 Å². The highest BCUT2D eigenvalue weighted by atomic mass is 16.5. The Morgan fingerprint density at radius 2 is 1.97 bits per heavy atom. The number of benzene rings is 1. The standard InChI is InChI=1S/C23H32N4O4/c1-5-30-21-12-17(6-7-20(21)31-16(2)3)15-27-10-8-18(9-11-27)26-22-14-24-19(13-25-22)23(28)29-4/h6-7,12-14,16,18H,5,8-11,15H2,1-4H3,(H,25,26). The van der Waals surface area contributed by atoms with Crippen molar-refractivity contribution < 1.29 is 19.0 Å². The maximum atomic E-state index is 11.5. The molecule has 168 valence electrons. The second-order valence-corrected chi connectivity index (χ2v) is 7.85. The molecule has 0 spiro atoms. The van der Waals surface area contributed by atoms with Crippen LogP contribution in [0.1, 0.15) is 49.7 Å². The molecule has 0 unspecified atom stereocenters. The minimum Gasteiger partial charge on any atom is -0.490 e. The molecule has 0 aliphatic carbocycles. The summed E-state index contributed by atoms with van der Waals surface area (Å²) in [6.07, 6.45) is 5.14. The van der Waals surface area contributed by atoms with Crippen molar-refractivity contribution in [3.8, 4) is 11.5 Å². The van der Waals surface area contributed by atoms with E-state index in [-0.39, 0.29) is 11.8 Å². The molecule has 8 nitrogen and oxygen atoms in total. The van der Waals surface area contributed by atoms with E-state index in [9.17, 15) is 4.79 Å². The van der Waals surface area contributed by atoms with E-state index in [1.807, 2.05) is 26.8 Å². The van der Waals surface area contributed by atoms with Crippen LogP contribution in [0.3, 0.4) is 0 Å². The molecule has 1 N–H and O–H groups in total. The predicted molar refractivity (Wildman–Crippen MR) is 119 cm³/mol. The Bertz CT molecular complexity index is 849. The number of piperidine rings is 1. The number of ether oxygens (including phenoxy) is 3. The summed E-state index contributed by atoms with van der Waals surface area (Å²) in [5.41, 5.74) is 1.43. The van der Waals surface area contributed by atoms with Crippen molar-refractivity contribution in [3.63, 3.8) is 0 Å². The Morgan fingerprint density at radius 3 is 2.58 bits per heavy atom. The molecule has 0 atom stereocenters. The van der Waals surface area contributed by atoms with E-state index < -0.39 is 5.97 Å². The fourth-order valence-electron chi connectivity index (χ4n) is 3.59. The zero-order valence-electron chi connectivity index (χ0n) is 18.8. The van der Waals surface area contributed by atoms with E-state index >= 15 is 0 Å². The highest BCUT2D eigenvalue weighted by Crippen LogP contribution is 2.30. The van der Waals surface area contributed by atoms with Gasteiger partial charge in [-0.3, -0.25) is 4.90 Å². The van der Waals surface area contributed by atoms with Crippen molar-refractivity contribution in [2.75, 3.05) is 32.1 Å². The van der Waals surface area contributed by atoms with Gasteiger partial charge in [-0.05, 0) is 51.3 Å². The van der Waals surface area contributed by atoms with Gasteiger partial charge >= 0.3 is 5.97 Å². The van der Waals surface area contributed by atoms with E-state index in [0.717, 1.165) is 44.0 Å². The van der Waals surface area contributed by atoms with Crippen LogP contribution in [0.4, 0.5) is 5.82 Å². The number of hydrogen-bond acceptors (Lipinski definition) is 8. The molecule has 2 heterocycles. The lowest BCUT2D eigenvalue weighted by molar-refractivity contribution is 0.0593. The van der Waals surface area contributed by atoms with Gasteiger partial charge in [0.15, 0.2) is 17.2 Å². The number of nitrogens with zero attached hydrogens (tertiary/aromatic N) is 3.